The fourth-order valence-electron chi connectivity index (χ4n) is 5.35. The maximum absolute atomic E-state index is 5.94. The van der Waals surface area contributed by atoms with Crippen molar-refractivity contribution in [3.63, 3.8) is 0 Å². The standard InChI is InChI=1S/C28H37NO2/c1-21(23-8-11-25-26(19-23)28(4,5)20-27(25,2)3)18-22-6-9-24(10-7-22)31-17-14-29-12-15-30-16-13-29/h6-11,18-19H,12-17,20H2,1-5H3. The number of nitrogens with zero attached hydrogens (tertiary/aromatic N) is 1. The lowest BCUT2D eigenvalue weighted by molar-refractivity contribution is 0.0322. The van der Waals surface area contributed by atoms with E-state index >= 15 is 0 Å². The van der Waals surface area contributed by atoms with Gasteiger partial charge < -0.3 is 9.47 Å². The number of benzene rings is 2. The van der Waals surface area contributed by atoms with Gasteiger partial charge in [-0.2, -0.15) is 0 Å². The van der Waals surface area contributed by atoms with Crippen LogP contribution >= 0.6 is 0 Å². The number of hydrogen-bond acceptors (Lipinski definition) is 3. The van der Waals surface area contributed by atoms with Crippen LogP contribution in [0.4, 0.5) is 0 Å². The van der Waals surface area contributed by atoms with Gasteiger partial charge in [-0.3, -0.25) is 4.90 Å². The predicted octanol–water partition coefficient (Wildman–Crippen LogP) is 5.92. The molecular formula is C28H37NO2. The lowest BCUT2D eigenvalue weighted by atomic mass is 9.82. The summed E-state index contributed by atoms with van der Waals surface area (Å²) >= 11 is 0. The third-order valence-electron chi connectivity index (χ3n) is 6.86. The summed E-state index contributed by atoms with van der Waals surface area (Å²) in [5.74, 6) is 0.935. The van der Waals surface area contributed by atoms with Crippen LogP contribution in [0.5, 0.6) is 5.75 Å². The maximum Gasteiger partial charge on any atom is 0.119 e. The molecule has 4 rings (SSSR count). The van der Waals surface area contributed by atoms with Gasteiger partial charge in [0.15, 0.2) is 0 Å². The normalized spacial score (nSPS) is 20.5. The molecule has 2 aliphatic rings. The van der Waals surface area contributed by atoms with Gasteiger partial charge in [0.05, 0.1) is 13.2 Å². The Labute approximate surface area is 188 Å². The van der Waals surface area contributed by atoms with Crippen LogP contribution < -0.4 is 4.74 Å². The summed E-state index contributed by atoms with van der Waals surface area (Å²) in [7, 11) is 0. The van der Waals surface area contributed by atoms with E-state index in [1.54, 1.807) is 0 Å². The first kappa shape index (κ1) is 22.1. The van der Waals surface area contributed by atoms with Crippen LogP contribution in [-0.2, 0) is 15.6 Å². The second kappa shape index (κ2) is 8.80. The Hall–Kier alpha value is -2.10. The van der Waals surface area contributed by atoms with Crippen molar-refractivity contribution >= 4 is 11.6 Å². The van der Waals surface area contributed by atoms with E-state index < -0.39 is 0 Å². The molecule has 3 nitrogen and oxygen atoms in total. The number of morpholine rings is 1. The molecule has 1 fully saturated rings. The van der Waals surface area contributed by atoms with Crippen LogP contribution in [0.25, 0.3) is 11.6 Å². The van der Waals surface area contributed by atoms with Crippen LogP contribution in [0.3, 0.4) is 0 Å². The molecule has 31 heavy (non-hydrogen) atoms. The molecule has 1 saturated heterocycles. The van der Waals surface area contributed by atoms with Crippen molar-refractivity contribution in [2.75, 3.05) is 39.5 Å². The molecule has 0 spiro atoms. The second-order valence-corrected chi connectivity index (χ2v) is 10.4. The smallest absolute Gasteiger partial charge is 0.119 e. The average molecular weight is 420 g/mol. The molecule has 0 bridgehead atoms. The molecule has 1 aliphatic heterocycles. The Balaban J connectivity index is 1.41. The van der Waals surface area contributed by atoms with Gasteiger partial charge in [0.1, 0.15) is 12.4 Å². The van der Waals surface area contributed by atoms with Gasteiger partial charge in [-0.25, -0.2) is 0 Å². The number of fused-ring (bicyclic) bond motifs is 1. The van der Waals surface area contributed by atoms with Crippen LogP contribution in [-0.4, -0.2) is 44.4 Å². The van der Waals surface area contributed by atoms with Crippen LogP contribution in [0.1, 0.15) is 63.3 Å². The van der Waals surface area contributed by atoms with Crippen molar-refractivity contribution < 1.29 is 9.47 Å². The van der Waals surface area contributed by atoms with Gasteiger partial charge in [-0.05, 0) is 64.1 Å². The molecule has 1 aliphatic carbocycles. The lowest BCUT2D eigenvalue weighted by Crippen LogP contribution is -2.38. The minimum Gasteiger partial charge on any atom is -0.492 e. The van der Waals surface area contributed by atoms with Crippen molar-refractivity contribution in [1.82, 2.24) is 4.90 Å². The average Bonchev–Trinajstić information content (AvgIpc) is 2.93. The summed E-state index contributed by atoms with van der Waals surface area (Å²) in [6.07, 6.45) is 3.47. The van der Waals surface area contributed by atoms with Gasteiger partial charge in [0, 0.05) is 19.6 Å². The fourth-order valence-corrected chi connectivity index (χ4v) is 5.35. The summed E-state index contributed by atoms with van der Waals surface area (Å²) in [6, 6.07) is 15.5. The second-order valence-electron chi connectivity index (χ2n) is 10.4. The number of allylic oxidation sites excluding steroid dienone is 1. The summed E-state index contributed by atoms with van der Waals surface area (Å²) in [5, 5.41) is 0. The van der Waals surface area contributed by atoms with E-state index in [2.05, 4.69) is 88.1 Å². The van der Waals surface area contributed by atoms with Crippen molar-refractivity contribution in [3.8, 4) is 5.75 Å². The lowest BCUT2D eigenvalue weighted by Gasteiger charge is -2.26. The van der Waals surface area contributed by atoms with E-state index in [-0.39, 0.29) is 10.8 Å². The summed E-state index contributed by atoms with van der Waals surface area (Å²) < 4.78 is 11.3. The van der Waals surface area contributed by atoms with E-state index in [0.29, 0.717) is 0 Å². The first-order valence-corrected chi connectivity index (χ1v) is 11.6. The monoisotopic (exact) mass is 419 g/mol. The Morgan fingerprint density at radius 1 is 0.968 bits per heavy atom. The SMILES string of the molecule is CC(=Cc1ccc(OCCN2CCOCC2)cc1)c1ccc2c(c1)C(C)(C)CC2(C)C. The van der Waals surface area contributed by atoms with Crippen molar-refractivity contribution in [2.24, 2.45) is 0 Å². The Morgan fingerprint density at radius 3 is 2.35 bits per heavy atom. The minimum atomic E-state index is 0.231. The maximum atomic E-state index is 5.94. The fraction of sp³-hybridized carbons (Fsp3) is 0.500. The van der Waals surface area contributed by atoms with Gasteiger partial charge in [-0.1, -0.05) is 64.1 Å². The highest BCUT2D eigenvalue weighted by atomic mass is 16.5. The highest BCUT2D eigenvalue weighted by molar-refractivity contribution is 5.81. The van der Waals surface area contributed by atoms with E-state index in [9.17, 15) is 0 Å². The molecule has 0 radical (unpaired) electrons. The van der Waals surface area contributed by atoms with Crippen molar-refractivity contribution in [2.45, 2.75) is 51.9 Å². The topological polar surface area (TPSA) is 21.7 Å². The molecule has 0 aromatic heterocycles. The summed E-state index contributed by atoms with van der Waals surface area (Å²) in [6.45, 7) is 17.0. The van der Waals surface area contributed by atoms with Crippen LogP contribution in [0.2, 0.25) is 0 Å². The summed E-state index contributed by atoms with van der Waals surface area (Å²) in [5.41, 5.74) is 7.32. The zero-order valence-electron chi connectivity index (χ0n) is 19.8. The third kappa shape index (κ3) is 5.05. The molecule has 3 heteroatoms. The van der Waals surface area contributed by atoms with E-state index in [0.717, 1.165) is 45.2 Å². The van der Waals surface area contributed by atoms with E-state index in [1.807, 2.05) is 0 Å². The largest absolute Gasteiger partial charge is 0.492 e. The number of rotatable bonds is 6. The Morgan fingerprint density at radius 2 is 1.65 bits per heavy atom. The van der Waals surface area contributed by atoms with Crippen LogP contribution in [0, 0.1) is 0 Å². The van der Waals surface area contributed by atoms with Gasteiger partial charge in [0.25, 0.3) is 0 Å². The first-order chi connectivity index (χ1) is 14.7. The molecule has 2 aromatic carbocycles. The van der Waals surface area contributed by atoms with Crippen LogP contribution in [0.15, 0.2) is 42.5 Å². The number of hydrogen-bond donors (Lipinski definition) is 0. The zero-order chi connectivity index (χ0) is 22.1. The molecule has 0 N–H and O–H groups in total. The first-order valence-electron chi connectivity index (χ1n) is 11.6. The molecule has 0 atom stereocenters. The quantitative estimate of drug-likeness (QED) is 0.543. The van der Waals surface area contributed by atoms with E-state index in [1.165, 1.54) is 34.2 Å². The van der Waals surface area contributed by atoms with E-state index in [4.69, 9.17) is 9.47 Å². The zero-order valence-corrected chi connectivity index (χ0v) is 19.8. The molecule has 2 aromatic rings. The number of ether oxygens (including phenoxy) is 2. The van der Waals surface area contributed by atoms with Gasteiger partial charge in [0.2, 0.25) is 0 Å². The predicted molar refractivity (Wildman–Crippen MR) is 130 cm³/mol. The Bertz CT molecular complexity index is 934. The molecule has 0 amide bonds. The molecule has 166 valence electrons. The molecule has 1 heterocycles. The highest BCUT2D eigenvalue weighted by Gasteiger charge is 2.41. The van der Waals surface area contributed by atoms with Gasteiger partial charge >= 0.3 is 0 Å². The summed E-state index contributed by atoms with van der Waals surface area (Å²) in [4.78, 5) is 2.39. The molecule has 0 saturated carbocycles. The van der Waals surface area contributed by atoms with Gasteiger partial charge in [-0.15, -0.1) is 0 Å². The molecule has 0 unspecified atom stereocenters. The van der Waals surface area contributed by atoms with Crippen molar-refractivity contribution in [1.29, 1.82) is 0 Å². The van der Waals surface area contributed by atoms with Crippen molar-refractivity contribution in [3.05, 3.63) is 64.7 Å². The third-order valence-corrected chi connectivity index (χ3v) is 6.86. The minimum absolute atomic E-state index is 0.231. The highest BCUT2D eigenvalue weighted by Crippen LogP contribution is 2.49. The Kier molecular flexibility index (Phi) is 6.27. The molecular weight excluding hydrogens is 382 g/mol.